The van der Waals surface area contributed by atoms with Gasteiger partial charge in [-0.25, -0.2) is 0 Å². The standard InChI is InChI=1S/C7H16NO4PS/c8-5-7(6-13(9,10)11)1-3-14(12)4-2-7/h1-6,8H2,(H2,9,10,11). The summed E-state index contributed by atoms with van der Waals surface area (Å²) in [5.41, 5.74) is 5.06. The van der Waals surface area contributed by atoms with Gasteiger partial charge >= 0.3 is 7.60 Å². The van der Waals surface area contributed by atoms with E-state index in [1.165, 1.54) is 0 Å². The minimum Gasteiger partial charge on any atom is -0.616 e. The lowest BCUT2D eigenvalue weighted by Gasteiger charge is -2.36. The first-order valence-electron chi connectivity index (χ1n) is 4.47. The fourth-order valence-electron chi connectivity index (χ4n) is 1.75. The lowest BCUT2D eigenvalue weighted by Crippen LogP contribution is -2.41. The first kappa shape index (κ1) is 12.5. The Morgan fingerprint density at radius 3 is 2.29 bits per heavy atom. The van der Waals surface area contributed by atoms with Gasteiger partial charge in [-0.2, -0.15) is 0 Å². The maximum absolute atomic E-state index is 11.1. The highest BCUT2D eigenvalue weighted by atomic mass is 32.2. The van der Waals surface area contributed by atoms with Crippen LogP contribution in [0.25, 0.3) is 0 Å². The highest BCUT2D eigenvalue weighted by Gasteiger charge is 2.40. The Morgan fingerprint density at radius 1 is 1.43 bits per heavy atom. The van der Waals surface area contributed by atoms with Gasteiger partial charge in [-0.05, 0) is 19.4 Å². The summed E-state index contributed by atoms with van der Waals surface area (Å²) in [7, 11) is -4.01. The van der Waals surface area contributed by atoms with Gasteiger partial charge in [0.05, 0.1) is 6.16 Å². The van der Waals surface area contributed by atoms with Gasteiger partial charge in [0.25, 0.3) is 0 Å². The van der Waals surface area contributed by atoms with Crippen molar-refractivity contribution in [2.45, 2.75) is 12.8 Å². The van der Waals surface area contributed by atoms with E-state index in [1.54, 1.807) is 0 Å². The molecule has 7 heteroatoms. The Labute approximate surface area is 86.4 Å². The van der Waals surface area contributed by atoms with Crippen LogP contribution in [0.4, 0.5) is 0 Å². The van der Waals surface area contributed by atoms with Crippen molar-refractivity contribution in [1.29, 1.82) is 0 Å². The maximum Gasteiger partial charge on any atom is 0.326 e. The second kappa shape index (κ2) is 4.51. The Hall–Kier alpha value is 0.420. The summed E-state index contributed by atoms with van der Waals surface area (Å²) >= 11 is -0.825. The molecular weight excluding hydrogens is 225 g/mol. The number of nitrogens with two attached hydrogens (primary N) is 1. The van der Waals surface area contributed by atoms with Crippen LogP contribution in [0.1, 0.15) is 12.8 Å². The topological polar surface area (TPSA) is 107 Å². The van der Waals surface area contributed by atoms with Gasteiger partial charge < -0.3 is 20.1 Å². The lowest BCUT2D eigenvalue weighted by molar-refractivity contribution is 0.273. The fourth-order valence-corrected chi connectivity index (χ4v) is 4.60. The van der Waals surface area contributed by atoms with Crippen molar-refractivity contribution in [1.82, 2.24) is 0 Å². The van der Waals surface area contributed by atoms with Gasteiger partial charge in [-0.1, -0.05) is 11.2 Å². The summed E-state index contributed by atoms with van der Waals surface area (Å²) in [5.74, 6) is 1.02. The largest absolute Gasteiger partial charge is 0.616 e. The van der Waals surface area contributed by atoms with E-state index >= 15 is 0 Å². The predicted molar refractivity (Wildman–Crippen MR) is 55.5 cm³/mol. The Balaban J connectivity index is 2.63. The van der Waals surface area contributed by atoms with Crippen LogP contribution in [-0.2, 0) is 15.7 Å². The molecule has 0 aromatic rings. The Bertz CT molecular complexity index is 236. The van der Waals surface area contributed by atoms with Crippen LogP contribution in [0.5, 0.6) is 0 Å². The average molecular weight is 241 g/mol. The molecule has 0 bridgehead atoms. The molecule has 0 radical (unpaired) electrons. The first-order valence-corrected chi connectivity index (χ1v) is 7.75. The monoisotopic (exact) mass is 241 g/mol. The molecular formula is C7H16NO4PS. The van der Waals surface area contributed by atoms with Crippen LogP contribution in [0.2, 0.25) is 0 Å². The van der Waals surface area contributed by atoms with Gasteiger partial charge in [-0.15, -0.1) is 0 Å². The fraction of sp³-hybridized carbons (Fsp3) is 1.00. The summed E-state index contributed by atoms with van der Waals surface area (Å²) in [6.07, 6.45) is 0.941. The molecule has 4 N–H and O–H groups in total. The highest BCUT2D eigenvalue weighted by molar-refractivity contribution is 7.91. The molecule has 14 heavy (non-hydrogen) atoms. The molecule has 0 spiro atoms. The van der Waals surface area contributed by atoms with Gasteiger partial charge in [0.2, 0.25) is 0 Å². The molecule has 1 fully saturated rings. The molecule has 0 saturated carbocycles. The third-order valence-electron chi connectivity index (χ3n) is 2.69. The molecule has 1 aliphatic rings. The van der Waals surface area contributed by atoms with Crippen molar-refractivity contribution in [2.75, 3.05) is 24.2 Å². The second-order valence-electron chi connectivity index (χ2n) is 3.87. The summed E-state index contributed by atoms with van der Waals surface area (Å²) in [6, 6.07) is 0. The van der Waals surface area contributed by atoms with Crippen LogP contribution < -0.4 is 5.73 Å². The van der Waals surface area contributed by atoms with Crippen LogP contribution >= 0.6 is 7.60 Å². The van der Waals surface area contributed by atoms with E-state index < -0.39 is 24.2 Å². The van der Waals surface area contributed by atoms with Crippen LogP contribution in [0, 0.1) is 5.41 Å². The molecule has 84 valence electrons. The van der Waals surface area contributed by atoms with Gasteiger partial charge in [0, 0.05) is 5.41 Å². The van der Waals surface area contributed by atoms with E-state index in [0.717, 1.165) is 0 Å². The van der Waals surface area contributed by atoms with Crippen molar-refractivity contribution in [3.63, 3.8) is 0 Å². The highest BCUT2D eigenvalue weighted by Crippen LogP contribution is 2.46. The van der Waals surface area contributed by atoms with Crippen molar-refractivity contribution >= 4 is 18.8 Å². The van der Waals surface area contributed by atoms with Crippen molar-refractivity contribution in [2.24, 2.45) is 11.1 Å². The Morgan fingerprint density at radius 2 is 1.93 bits per heavy atom. The van der Waals surface area contributed by atoms with E-state index in [0.29, 0.717) is 24.3 Å². The van der Waals surface area contributed by atoms with Gasteiger partial charge in [0.1, 0.15) is 11.5 Å². The summed E-state index contributed by atoms with van der Waals surface area (Å²) in [5, 5.41) is 0. The second-order valence-corrected chi connectivity index (χ2v) is 7.22. The predicted octanol–water partition coefficient (Wildman–Crippen LogP) is -0.348. The molecule has 0 aliphatic carbocycles. The van der Waals surface area contributed by atoms with Crippen LogP contribution in [0.15, 0.2) is 0 Å². The lowest BCUT2D eigenvalue weighted by atomic mass is 9.84. The number of hydrogen-bond donors (Lipinski definition) is 3. The zero-order valence-corrected chi connectivity index (χ0v) is 9.60. The average Bonchev–Trinajstić information content (AvgIpc) is 2.07. The third kappa shape index (κ3) is 3.53. The maximum atomic E-state index is 11.1. The van der Waals surface area contributed by atoms with Gasteiger partial charge in [-0.3, -0.25) is 4.57 Å². The smallest absolute Gasteiger partial charge is 0.326 e. The molecule has 1 heterocycles. The van der Waals surface area contributed by atoms with Crippen molar-refractivity contribution < 1.29 is 18.9 Å². The van der Waals surface area contributed by atoms with Crippen LogP contribution in [0.3, 0.4) is 0 Å². The molecule has 0 aromatic heterocycles. The minimum absolute atomic E-state index is 0.173. The summed E-state index contributed by atoms with van der Waals surface area (Å²) in [4.78, 5) is 17.8. The van der Waals surface area contributed by atoms with E-state index in [2.05, 4.69) is 0 Å². The first-order chi connectivity index (χ1) is 6.37. The molecule has 1 aliphatic heterocycles. The van der Waals surface area contributed by atoms with E-state index in [-0.39, 0.29) is 12.7 Å². The quantitative estimate of drug-likeness (QED) is 0.462. The summed E-state index contributed by atoms with van der Waals surface area (Å²) < 4.78 is 22.0. The SMILES string of the molecule is NCC1(CP(=O)(O)O)CC[S+]([O-])CC1. The number of hydrogen-bond acceptors (Lipinski definition) is 3. The third-order valence-corrected chi connectivity index (χ3v) is 5.10. The molecule has 0 amide bonds. The molecule has 5 nitrogen and oxygen atoms in total. The van der Waals surface area contributed by atoms with E-state index in [4.69, 9.17) is 15.5 Å². The van der Waals surface area contributed by atoms with Gasteiger partial charge in [0.15, 0.2) is 0 Å². The summed E-state index contributed by atoms with van der Waals surface area (Å²) in [6.45, 7) is 0.259. The molecule has 1 saturated heterocycles. The normalized spacial score (nSPS) is 34.4. The zero-order valence-electron chi connectivity index (χ0n) is 7.89. The molecule has 1 rings (SSSR count). The van der Waals surface area contributed by atoms with E-state index in [1.807, 2.05) is 0 Å². The van der Waals surface area contributed by atoms with Crippen LogP contribution in [-0.4, -0.2) is 38.6 Å². The van der Waals surface area contributed by atoms with Crippen molar-refractivity contribution in [3.05, 3.63) is 0 Å². The minimum atomic E-state index is -4.01. The molecule has 0 atom stereocenters. The van der Waals surface area contributed by atoms with Crippen molar-refractivity contribution in [3.8, 4) is 0 Å². The van der Waals surface area contributed by atoms with E-state index in [9.17, 15) is 9.12 Å². The Kier molecular flexibility index (Phi) is 4.03. The molecule has 0 aromatic carbocycles. The zero-order chi connectivity index (χ0) is 10.8. The molecule has 0 unspecified atom stereocenters. The number of rotatable bonds is 3.